The fourth-order valence-electron chi connectivity index (χ4n) is 2.34. The number of halogens is 1. The predicted molar refractivity (Wildman–Crippen MR) is 83.0 cm³/mol. The van der Waals surface area contributed by atoms with Gasteiger partial charge in [-0.2, -0.15) is 5.26 Å². The number of nitriles is 1. The number of benzene rings is 1. The molecule has 0 aliphatic heterocycles. The van der Waals surface area contributed by atoms with E-state index in [0.29, 0.717) is 17.9 Å². The van der Waals surface area contributed by atoms with E-state index in [1.807, 2.05) is 18.2 Å². The molecule has 1 atom stereocenters. The molecule has 1 aromatic heterocycles. The normalized spacial score (nSPS) is 13.4. The minimum absolute atomic E-state index is 0.108. The van der Waals surface area contributed by atoms with Crippen molar-refractivity contribution >= 4 is 22.6 Å². The first-order valence-electron chi connectivity index (χ1n) is 6.86. The van der Waals surface area contributed by atoms with Gasteiger partial charge in [-0.05, 0) is 24.5 Å². The maximum Gasteiger partial charge on any atom is 0.111 e. The molecule has 0 N–H and O–H groups in total. The van der Waals surface area contributed by atoms with E-state index in [0.717, 1.165) is 16.9 Å². The Labute approximate surface area is 125 Å². The van der Waals surface area contributed by atoms with E-state index in [9.17, 15) is 5.26 Å². The topological polar surface area (TPSA) is 41.6 Å². The summed E-state index contributed by atoms with van der Waals surface area (Å²) >= 11 is 5.91. The van der Waals surface area contributed by atoms with Crippen molar-refractivity contribution in [2.24, 2.45) is 5.41 Å². The molecule has 0 aliphatic rings. The number of aryl methyl sites for hydroxylation is 1. The second-order valence-corrected chi connectivity index (χ2v) is 6.54. The Morgan fingerprint density at radius 3 is 2.65 bits per heavy atom. The van der Waals surface area contributed by atoms with Crippen molar-refractivity contribution in [3.63, 3.8) is 0 Å². The lowest BCUT2D eigenvalue weighted by Gasteiger charge is -2.30. The highest BCUT2D eigenvalue weighted by molar-refractivity contribution is 6.17. The fourth-order valence-corrected chi connectivity index (χ4v) is 2.50. The van der Waals surface area contributed by atoms with Gasteiger partial charge in [-0.15, -0.1) is 11.6 Å². The van der Waals surface area contributed by atoms with Crippen LogP contribution in [-0.4, -0.2) is 15.4 Å². The second kappa shape index (κ2) is 5.46. The van der Waals surface area contributed by atoms with Gasteiger partial charge in [-0.25, -0.2) is 4.98 Å². The molecule has 0 saturated heterocycles. The van der Waals surface area contributed by atoms with Gasteiger partial charge in [-0.3, -0.25) is 0 Å². The molecule has 2 aromatic rings. The second-order valence-electron chi connectivity index (χ2n) is 6.16. The third-order valence-corrected chi connectivity index (χ3v) is 4.06. The maximum absolute atomic E-state index is 9.24. The van der Waals surface area contributed by atoms with E-state index in [1.165, 1.54) is 0 Å². The molecule has 0 aliphatic carbocycles. The molecule has 2 rings (SSSR count). The third kappa shape index (κ3) is 2.53. The van der Waals surface area contributed by atoms with Gasteiger partial charge in [0.15, 0.2) is 0 Å². The minimum atomic E-state index is 0.108. The van der Waals surface area contributed by atoms with Crippen molar-refractivity contribution in [2.75, 3.05) is 5.88 Å². The van der Waals surface area contributed by atoms with Crippen molar-refractivity contribution in [2.45, 2.75) is 40.2 Å². The van der Waals surface area contributed by atoms with Crippen LogP contribution in [0.2, 0.25) is 0 Å². The molecular formula is C16H20ClN3. The first-order valence-corrected chi connectivity index (χ1v) is 7.39. The highest BCUT2D eigenvalue weighted by Gasteiger charge is 2.26. The van der Waals surface area contributed by atoms with Crippen LogP contribution < -0.4 is 0 Å². The Bertz CT molecular complexity index is 659. The molecule has 0 spiro atoms. The number of rotatable bonds is 3. The van der Waals surface area contributed by atoms with Crippen LogP contribution in [0, 0.1) is 16.7 Å². The first kappa shape index (κ1) is 14.9. The standard InChI is InChI=1S/C16H20ClN3/c1-11(16(2,3)4)20-13-7-5-6-12(10-18)15(13)19-14(20)8-9-17/h5-7,11H,8-9H2,1-4H3. The summed E-state index contributed by atoms with van der Waals surface area (Å²) in [6, 6.07) is 8.26. The van der Waals surface area contributed by atoms with E-state index < -0.39 is 0 Å². The molecule has 1 unspecified atom stereocenters. The predicted octanol–water partition coefficient (Wildman–Crippen LogP) is 4.30. The Kier molecular flexibility index (Phi) is 4.06. The summed E-state index contributed by atoms with van der Waals surface area (Å²) < 4.78 is 2.23. The number of para-hydroxylation sites is 1. The van der Waals surface area contributed by atoms with Crippen LogP contribution in [0.25, 0.3) is 11.0 Å². The van der Waals surface area contributed by atoms with Gasteiger partial charge in [0.05, 0.1) is 11.1 Å². The average Bonchev–Trinajstić information content (AvgIpc) is 2.74. The minimum Gasteiger partial charge on any atom is -0.325 e. The van der Waals surface area contributed by atoms with Gasteiger partial charge in [0.1, 0.15) is 17.4 Å². The number of aromatic nitrogens is 2. The third-order valence-electron chi connectivity index (χ3n) is 3.87. The van der Waals surface area contributed by atoms with Crippen LogP contribution in [0.5, 0.6) is 0 Å². The lowest BCUT2D eigenvalue weighted by atomic mass is 9.87. The van der Waals surface area contributed by atoms with E-state index in [-0.39, 0.29) is 11.5 Å². The van der Waals surface area contributed by atoms with Crippen molar-refractivity contribution in [3.05, 3.63) is 29.6 Å². The zero-order chi connectivity index (χ0) is 14.9. The van der Waals surface area contributed by atoms with Gasteiger partial charge >= 0.3 is 0 Å². The number of alkyl halides is 1. The molecular weight excluding hydrogens is 270 g/mol. The van der Waals surface area contributed by atoms with Crippen molar-refractivity contribution < 1.29 is 0 Å². The number of nitrogens with zero attached hydrogens (tertiary/aromatic N) is 3. The summed E-state index contributed by atoms with van der Waals surface area (Å²) in [4.78, 5) is 4.66. The molecule has 1 aromatic carbocycles. The summed E-state index contributed by atoms with van der Waals surface area (Å²) in [6.45, 7) is 8.82. The average molecular weight is 290 g/mol. The van der Waals surface area contributed by atoms with E-state index in [4.69, 9.17) is 11.6 Å². The van der Waals surface area contributed by atoms with Crippen LogP contribution >= 0.6 is 11.6 Å². The monoisotopic (exact) mass is 289 g/mol. The molecule has 0 amide bonds. The maximum atomic E-state index is 9.24. The number of fused-ring (bicyclic) bond motifs is 1. The van der Waals surface area contributed by atoms with Gasteiger partial charge in [0.2, 0.25) is 0 Å². The number of hydrogen-bond acceptors (Lipinski definition) is 2. The smallest absolute Gasteiger partial charge is 0.111 e. The molecule has 1 heterocycles. The van der Waals surface area contributed by atoms with Crippen molar-refractivity contribution in [3.8, 4) is 6.07 Å². The summed E-state index contributed by atoms with van der Waals surface area (Å²) in [5, 5.41) is 9.24. The molecule has 0 bridgehead atoms. The highest BCUT2D eigenvalue weighted by Crippen LogP contribution is 2.34. The lowest BCUT2D eigenvalue weighted by molar-refractivity contribution is 0.263. The number of imidazole rings is 1. The zero-order valence-electron chi connectivity index (χ0n) is 12.4. The Hall–Kier alpha value is -1.53. The SMILES string of the molecule is CC(n1c(CCCl)nc2c(C#N)cccc21)C(C)(C)C. The largest absolute Gasteiger partial charge is 0.325 e. The van der Waals surface area contributed by atoms with E-state index in [1.54, 1.807) is 0 Å². The summed E-state index contributed by atoms with van der Waals surface area (Å²) in [6.07, 6.45) is 0.710. The van der Waals surface area contributed by atoms with Crippen LogP contribution in [0.1, 0.15) is 45.1 Å². The molecule has 0 fully saturated rings. The Morgan fingerprint density at radius 2 is 2.10 bits per heavy atom. The summed E-state index contributed by atoms with van der Waals surface area (Å²) in [5.41, 5.74) is 2.54. The zero-order valence-corrected chi connectivity index (χ0v) is 13.2. The van der Waals surface area contributed by atoms with Gasteiger partial charge < -0.3 is 4.57 Å². The molecule has 3 nitrogen and oxygen atoms in total. The first-order chi connectivity index (χ1) is 9.40. The van der Waals surface area contributed by atoms with Gasteiger partial charge in [0.25, 0.3) is 0 Å². The van der Waals surface area contributed by atoms with Crippen molar-refractivity contribution in [1.29, 1.82) is 5.26 Å². The quantitative estimate of drug-likeness (QED) is 0.791. The van der Waals surface area contributed by atoms with Crippen LogP contribution in [-0.2, 0) is 6.42 Å². The molecule has 20 heavy (non-hydrogen) atoms. The van der Waals surface area contributed by atoms with E-state index >= 15 is 0 Å². The number of hydrogen-bond donors (Lipinski definition) is 0. The van der Waals surface area contributed by atoms with Crippen LogP contribution in [0.3, 0.4) is 0 Å². The van der Waals surface area contributed by atoms with Crippen molar-refractivity contribution in [1.82, 2.24) is 9.55 Å². The van der Waals surface area contributed by atoms with Crippen LogP contribution in [0.15, 0.2) is 18.2 Å². The van der Waals surface area contributed by atoms with E-state index in [2.05, 4.69) is 43.3 Å². The fraction of sp³-hybridized carbons (Fsp3) is 0.500. The Balaban J connectivity index is 2.73. The summed E-state index contributed by atoms with van der Waals surface area (Å²) in [7, 11) is 0. The molecule has 106 valence electrons. The highest BCUT2D eigenvalue weighted by atomic mass is 35.5. The van der Waals surface area contributed by atoms with Gasteiger partial charge in [0, 0.05) is 18.3 Å². The molecule has 4 heteroatoms. The lowest BCUT2D eigenvalue weighted by Crippen LogP contribution is -2.23. The summed E-state index contributed by atoms with van der Waals surface area (Å²) in [5.74, 6) is 1.49. The molecule has 0 radical (unpaired) electrons. The van der Waals surface area contributed by atoms with Crippen LogP contribution in [0.4, 0.5) is 0 Å². The molecule has 0 saturated carbocycles. The van der Waals surface area contributed by atoms with Gasteiger partial charge in [-0.1, -0.05) is 26.8 Å². The Morgan fingerprint density at radius 1 is 1.40 bits per heavy atom.